The summed E-state index contributed by atoms with van der Waals surface area (Å²) in [4.78, 5) is 18.4. The Labute approximate surface area is 175 Å². The van der Waals surface area contributed by atoms with Crippen molar-refractivity contribution in [2.45, 2.75) is 25.4 Å². The van der Waals surface area contributed by atoms with Crippen LogP contribution in [0.1, 0.15) is 34.2 Å². The molecule has 2 aliphatic rings. The zero-order valence-corrected chi connectivity index (χ0v) is 17.6. The molecule has 10 heteroatoms. The second-order valence-corrected chi connectivity index (χ2v) is 7.74. The van der Waals surface area contributed by atoms with E-state index >= 15 is 0 Å². The van der Waals surface area contributed by atoms with Crippen LogP contribution in [0.15, 0.2) is 23.7 Å². The van der Waals surface area contributed by atoms with Gasteiger partial charge in [-0.15, -0.1) is 41.2 Å². The van der Waals surface area contributed by atoms with E-state index in [4.69, 9.17) is 0 Å². The van der Waals surface area contributed by atoms with Crippen LogP contribution in [0.3, 0.4) is 0 Å². The van der Waals surface area contributed by atoms with Gasteiger partial charge in [0.2, 0.25) is 0 Å². The van der Waals surface area contributed by atoms with Gasteiger partial charge in [-0.05, 0) is 37.4 Å². The monoisotopic (exact) mass is 432 g/mol. The van der Waals surface area contributed by atoms with Gasteiger partial charge in [0.15, 0.2) is 5.69 Å². The number of halogens is 2. The molecule has 0 spiro atoms. The van der Waals surface area contributed by atoms with Gasteiger partial charge < -0.3 is 10.2 Å². The molecule has 150 valence electrons. The van der Waals surface area contributed by atoms with Gasteiger partial charge >= 0.3 is 0 Å². The SMILES string of the molecule is Cl.Cl.O=C(c1cn(C2CCNCC2)nn1)N1CCN(Cc2cccs2)CC1. The van der Waals surface area contributed by atoms with E-state index in [9.17, 15) is 4.79 Å². The van der Waals surface area contributed by atoms with Crippen LogP contribution in [0, 0.1) is 0 Å². The first-order valence-electron chi connectivity index (χ1n) is 8.96. The van der Waals surface area contributed by atoms with E-state index in [1.54, 1.807) is 11.3 Å². The second-order valence-electron chi connectivity index (χ2n) is 6.71. The quantitative estimate of drug-likeness (QED) is 0.800. The Morgan fingerprint density at radius 2 is 1.93 bits per heavy atom. The Morgan fingerprint density at radius 3 is 2.59 bits per heavy atom. The fourth-order valence-electron chi connectivity index (χ4n) is 3.52. The third-order valence-electron chi connectivity index (χ3n) is 5.03. The van der Waals surface area contributed by atoms with Crippen molar-refractivity contribution in [2.24, 2.45) is 0 Å². The van der Waals surface area contributed by atoms with E-state index in [2.05, 4.69) is 38.0 Å². The normalized spacial score (nSPS) is 18.6. The van der Waals surface area contributed by atoms with Crippen LogP contribution in [-0.4, -0.2) is 70.0 Å². The summed E-state index contributed by atoms with van der Waals surface area (Å²) < 4.78 is 1.88. The number of amides is 1. The number of carbonyl (C=O) groups is 1. The number of rotatable bonds is 4. The Morgan fingerprint density at radius 1 is 1.19 bits per heavy atom. The highest BCUT2D eigenvalue weighted by Crippen LogP contribution is 2.18. The summed E-state index contributed by atoms with van der Waals surface area (Å²) in [6.07, 6.45) is 3.91. The lowest BCUT2D eigenvalue weighted by atomic mass is 10.1. The molecule has 0 bridgehead atoms. The largest absolute Gasteiger partial charge is 0.335 e. The summed E-state index contributed by atoms with van der Waals surface area (Å²) >= 11 is 1.79. The van der Waals surface area contributed by atoms with Gasteiger partial charge in [0, 0.05) is 37.6 Å². The Bertz CT molecular complexity index is 696. The summed E-state index contributed by atoms with van der Waals surface area (Å²) in [5, 5.41) is 13.8. The van der Waals surface area contributed by atoms with E-state index < -0.39 is 0 Å². The lowest BCUT2D eigenvalue weighted by Crippen LogP contribution is -2.48. The topological polar surface area (TPSA) is 66.3 Å². The fraction of sp³-hybridized carbons (Fsp3) is 0.588. The van der Waals surface area contributed by atoms with Gasteiger partial charge in [-0.1, -0.05) is 11.3 Å². The molecule has 2 aromatic rings. The van der Waals surface area contributed by atoms with Crippen molar-refractivity contribution in [1.82, 2.24) is 30.1 Å². The summed E-state index contributed by atoms with van der Waals surface area (Å²) in [5.41, 5.74) is 0.477. The molecule has 27 heavy (non-hydrogen) atoms. The van der Waals surface area contributed by atoms with Crippen LogP contribution in [0.2, 0.25) is 0 Å². The molecular formula is C17H26Cl2N6OS. The molecule has 4 rings (SSSR count). The maximum absolute atomic E-state index is 12.7. The first-order chi connectivity index (χ1) is 12.3. The summed E-state index contributed by atoms with van der Waals surface area (Å²) in [5.74, 6) is 0.0101. The van der Waals surface area contributed by atoms with Crippen molar-refractivity contribution in [3.8, 4) is 0 Å². The highest BCUT2D eigenvalue weighted by atomic mass is 35.5. The Kier molecular flexibility index (Phi) is 8.50. The minimum atomic E-state index is 0. The maximum atomic E-state index is 12.7. The van der Waals surface area contributed by atoms with Crippen LogP contribution in [0.25, 0.3) is 0 Å². The predicted octanol–water partition coefficient (Wildman–Crippen LogP) is 2.07. The third kappa shape index (κ3) is 5.42. The minimum absolute atomic E-state index is 0. The number of piperazine rings is 1. The average Bonchev–Trinajstić information content (AvgIpc) is 3.34. The molecule has 0 saturated carbocycles. The maximum Gasteiger partial charge on any atom is 0.276 e. The zero-order valence-electron chi connectivity index (χ0n) is 15.1. The molecule has 0 unspecified atom stereocenters. The van der Waals surface area contributed by atoms with Gasteiger partial charge in [0.25, 0.3) is 5.91 Å². The summed E-state index contributed by atoms with van der Waals surface area (Å²) in [6.45, 7) is 6.30. The summed E-state index contributed by atoms with van der Waals surface area (Å²) in [7, 11) is 0. The highest BCUT2D eigenvalue weighted by molar-refractivity contribution is 7.09. The number of nitrogens with one attached hydrogen (secondary N) is 1. The molecule has 1 N–H and O–H groups in total. The number of hydrogen-bond acceptors (Lipinski definition) is 6. The lowest BCUT2D eigenvalue weighted by Gasteiger charge is -2.34. The van der Waals surface area contributed by atoms with Crippen LogP contribution in [0.5, 0.6) is 0 Å². The lowest BCUT2D eigenvalue weighted by molar-refractivity contribution is 0.0623. The number of thiophene rings is 1. The second kappa shape index (κ2) is 10.4. The predicted molar refractivity (Wildman–Crippen MR) is 111 cm³/mol. The summed E-state index contributed by atoms with van der Waals surface area (Å²) in [6, 6.07) is 4.62. The van der Waals surface area contributed by atoms with E-state index in [0.717, 1.165) is 58.7 Å². The molecule has 4 heterocycles. The molecule has 2 fully saturated rings. The van der Waals surface area contributed by atoms with Gasteiger partial charge in [-0.2, -0.15) is 0 Å². The van der Waals surface area contributed by atoms with Crippen LogP contribution < -0.4 is 5.32 Å². The number of carbonyl (C=O) groups excluding carboxylic acids is 1. The van der Waals surface area contributed by atoms with E-state index in [1.165, 1.54) is 4.88 Å². The molecular weight excluding hydrogens is 407 g/mol. The molecule has 2 aliphatic heterocycles. The fourth-order valence-corrected chi connectivity index (χ4v) is 4.26. The molecule has 0 aromatic carbocycles. The number of aromatic nitrogens is 3. The van der Waals surface area contributed by atoms with Crippen molar-refractivity contribution in [1.29, 1.82) is 0 Å². The molecule has 0 aliphatic carbocycles. The van der Waals surface area contributed by atoms with Gasteiger partial charge in [-0.25, -0.2) is 4.68 Å². The van der Waals surface area contributed by atoms with Crippen LogP contribution >= 0.6 is 36.2 Å². The van der Waals surface area contributed by atoms with Gasteiger partial charge in [-0.3, -0.25) is 9.69 Å². The first kappa shape index (κ1) is 22.1. The number of piperidine rings is 1. The van der Waals surface area contributed by atoms with Crippen molar-refractivity contribution in [3.05, 3.63) is 34.3 Å². The molecule has 1 amide bonds. The Hall–Kier alpha value is -1.19. The molecule has 2 saturated heterocycles. The van der Waals surface area contributed by atoms with Crippen molar-refractivity contribution < 1.29 is 4.79 Å². The first-order valence-corrected chi connectivity index (χ1v) is 9.84. The van der Waals surface area contributed by atoms with Gasteiger partial charge in [0.05, 0.1) is 12.2 Å². The minimum Gasteiger partial charge on any atom is -0.335 e. The van der Waals surface area contributed by atoms with Crippen molar-refractivity contribution >= 4 is 42.1 Å². The molecule has 2 aromatic heterocycles. The smallest absolute Gasteiger partial charge is 0.276 e. The van der Waals surface area contributed by atoms with Crippen molar-refractivity contribution in [2.75, 3.05) is 39.3 Å². The van der Waals surface area contributed by atoms with Crippen LogP contribution in [0.4, 0.5) is 0 Å². The standard InChI is InChI=1S/C17H24N6OS.2ClH/c24-17(16-13-23(20-19-16)14-3-5-18-6-4-14)22-9-7-21(8-10-22)12-15-2-1-11-25-15;;/h1-2,11,13-14,18H,3-10,12H2;2*1H. The third-order valence-corrected chi connectivity index (χ3v) is 5.89. The number of hydrogen-bond donors (Lipinski definition) is 1. The number of nitrogens with zero attached hydrogens (tertiary/aromatic N) is 5. The highest BCUT2D eigenvalue weighted by Gasteiger charge is 2.25. The van der Waals surface area contributed by atoms with Gasteiger partial charge in [0.1, 0.15) is 0 Å². The average molecular weight is 433 g/mol. The van der Waals surface area contributed by atoms with E-state index in [1.807, 2.05) is 15.8 Å². The van der Waals surface area contributed by atoms with E-state index in [-0.39, 0.29) is 30.7 Å². The molecule has 7 nitrogen and oxygen atoms in total. The Balaban J connectivity index is 0.00000131. The molecule has 0 atom stereocenters. The molecule has 0 radical (unpaired) electrons. The van der Waals surface area contributed by atoms with Crippen molar-refractivity contribution in [3.63, 3.8) is 0 Å². The van der Waals surface area contributed by atoms with Crippen LogP contribution in [-0.2, 0) is 6.54 Å². The zero-order chi connectivity index (χ0) is 17.1. The van der Waals surface area contributed by atoms with E-state index in [0.29, 0.717) is 11.7 Å².